The van der Waals surface area contributed by atoms with E-state index in [0.717, 1.165) is 50.9 Å². The van der Waals surface area contributed by atoms with Gasteiger partial charge in [-0.2, -0.15) is 0 Å². The average molecular weight is 907 g/mol. The molecule has 0 spiro atoms. The van der Waals surface area contributed by atoms with Crippen LogP contribution in [0.1, 0.15) is 79.4 Å². The third-order valence-corrected chi connectivity index (χ3v) is 9.60. The summed E-state index contributed by atoms with van der Waals surface area (Å²) in [5, 5.41) is 4.27. The fraction of sp³-hybridized carbons (Fsp3) is 0.346. The van der Waals surface area contributed by atoms with E-state index in [4.69, 9.17) is 23.7 Å². The number of esters is 8. The predicted octanol–water partition coefficient (Wildman–Crippen LogP) is 8.80. The van der Waals surface area contributed by atoms with E-state index in [1.165, 1.54) is 6.08 Å². The van der Waals surface area contributed by atoms with Crippen LogP contribution in [0.4, 0.5) is 0 Å². The number of hydrogen-bond acceptors (Lipinski definition) is 14. The number of fused-ring (bicyclic) bond motifs is 2. The Kier molecular flexibility index (Phi) is 19.9. The minimum absolute atomic E-state index is 0.0470. The SMILES string of the molecule is C=CC(=O)OC(C)(C)C.C=CC(=O)OCc1cccc2ccccc12.CCC(C(=O)OCc1cccc2ccccc12)C1C(=O)OC(=O)C1CC(C)C(=O)OC(C)(C)C.O=C1C=CC(=O)O1. The Hall–Kier alpha value is -7.22. The van der Waals surface area contributed by atoms with Crippen molar-refractivity contribution in [1.82, 2.24) is 0 Å². The van der Waals surface area contributed by atoms with Gasteiger partial charge in [-0.05, 0) is 87.1 Å². The van der Waals surface area contributed by atoms with E-state index >= 15 is 0 Å². The van der Waals surface area contributed by atoms with Gasteiger partial charge in [0.2, 0.25) is 0 Å². The molecule has 4 aromatic carbocycles. The lowest BCUT2D eigenvalue weighted by Crippen LogP contribution is -2.35. The number of benzene rings is 4. The van der Waals surface area contributed by atoms with Gasteiger partial charge in [0.15, 0.2) is 0 Å². The van der Waals surface area contributed by atoms with E-state index in [2.05, 4.69) is 17.9 Å². The molecular weight excluding hydrogens is 849 g/mol. The van der Waals surface area contributed by atoms with Crippen molar-refractivity contribution in [3.63, 3.8) is 0 Å². The van der Waals surface area contributed by atoms with Crippen LogP contribution in [0.25, 0.3) is 21.5 Å². The molecular formula is C52H58O14. The maximum absolute atomic E-state index is 13.0. The maximum atomic E-state index is 13.0. The van der Waals surface area contributed by atoms with Gasteiger partial charge in [0, 0.05) is 24.3 Å². The molecule has 14 heteroatoms. The van der Waals surface area contributed by atoms with Crippen LogP contribution in [0.15, 0.2) is 122 Å². The highest BCUT2D eigenvalue weighted by atomic mass is 16.6. The average Bonchev–Trinajstić information content (AvgIpc) is 3.78. The van der Waals surface area contributed by atoms with Crippen LogP contribution >= 0.6 is 0 Å². The molecule has 1 fully saturated rings. The summed E-state index contributed by atoms with van der Waals surface area (Å²) in [5.74, 6) is -7.84. The Labute approximate surface area is 384 Å². The van der Waals surface area contributed by atoms with Crippen molar-refractivity contribution in [3.8, 4) is 0 Å². The summed E-state index contributed by atoms with van der Waals surface area (Å²) in [7, 11) is 0. The summed E-state index contributed by atoms with van der Waals surface area (Å²) in [6, 6.07) is 27.5. The second-order valence-corrected chi connectivity index (χ2v) is 17.1. The second-order valence-electron chi connectivity index (χ2n) is 17.1. The van der Waals surface area contributed by atoms with Gasteiger partial charge in [-0.25, -0.2) is 19.2 Å². The van der Waals surface area contributed by atoms with Crippen LogP contribution in [0.3, 0.4) is 0 Å². The number of carbonyl (C=O) groups excluding carboxylic acids is 8. The van der Waals surface area contributed by atoms with Gasteiger partial charge in [0.1, 0.15) is 24.4 Å². The molecule has 0 aromatic heterocycles. The Morgan fingerprint density at radius 3 is 1.52 bits per heavy atom. The first kappa shape index (κ1) is 53.1. The van der Waals surface area contributed by atoms with Gasteiger partial charge in [-0.15, -0.1) is 0 Å². The van der Waals surface area contributed by atoms with Crippen molar-refractivity contribution < 1.29 is 66.8 Å². The third kappa shape index (κ3) is 17.1. The van der Waals surface area contributed by atoms with Crippen molar-refractivity contribution in [3.05, 3.63) is 134 Å². The van der Waals surface area contributed by atoms with Gasteiger partial charge < -0.3 is 28.4 Å². The zero-order valence-corrected chi connectivity index (χ0v) is 38.7. The molecule has 2 aliphatic rings. The highest BCUT2D eigenvalue weighted by molar-refractivity contribution is 6.05. The number of rotatable bonds is 12. The van der Waals surface area contributed by atoms with Crippen molar-refractivity contribution in [1.29, 1.82) is 0 Å². The molecule has 1 saturated heterocycles. The summed E-state index contributed by atoms with van der Waals surface area (Å²) in [6.07, 6.45) is 4.84. The molecule has 0 N–H and O–H groups in total. The largest absolute Gasteiger partial charge is 0.461 e. The second kappa shape index (κ2) is 24.7. The highest BCUT2D eigenvalue weighted by Crippen LogP contribution is 2.37. The molecule has 0 amide bonds. The van der Waals surface area contributed by atoms with E-state index in [0.29, 0.717) is 6.42 Å². The first-order chi connectivity index (χ1) is 31.1. The topological polar surface area (TPSA) is 192 Å². The van der Waals surface area contributed by atoms with Crippen molar-refractivity contribution in [2.45, 2.75) is 92.6 Å². The monoisotopic (exact) mass is 906 g/mol. The molecule has 0 radical (unpaired) electrons. The Morgan fingerprint density at radius 2 is 1.09 bits per heavy atom. The molecule has 4 unspecified atom stereocenters. The molecule has 0 aliphatic carbocycles. The van der Waals surface area contributed by atoms with Gasteiger partial charge >= 0.3 is 47.8 Å². The van der Waals surface area contributed by atoms with E-state index in [9.17, 15) is 38.4 Å². The quantitative estimate of drug-likeness (QED) is 0.0567. The number of hydrogen-bond donors (Lipinski definition) is 0. The first-order valence-corrected chi connectivity index (χ1v) is 21.2. The summed E-state index contributed by atoms with van der Waals surface area (Å²) in [4.78, 5) is 91.8. The normalized spacial score (nSPS) is 16.1. The highest BCUT2D eigenvalue weighted by Gasteiger charge is 2.51. The smallest absolute Gasteiger partial charge is 0.338 e. The molecule has 2 heterocycles. The Bertz CT molecular complexity index is 2420. The minimum atomic E-state index is -0.998. The van der Waals surface area contributed by atoms with Gasteiger partial charge in [0.25, 0.3) is 0 Å². The van der Waals surface area contributed by atoms with Crippen LogP contribution in [0, 0.1) is 23.7 Å². The molecule has 66 heavy (non-hydrogen) atoms. The van der Waals surface area contributed by atoms with Gasteiger partial charge in [-0.1, -0.05) is 112 Å². The fourth-order valence-corrected chi connectivity index (χ4v) is 6.64. The van der Waals surface area contributed by atoms with E-state index in [1.54, 1.807) is 34.6 Å². The first-order valence-electron chi connectivity index (χ1n) is 21.2. The van der Waals surface area contributed by atoms with Crippen LogP contribution in [0.5, 0.6) is 0 Å². The molecule has 2 aliphatic heterocycles. The van der Waals surface area contributed by atoms with E-state index < -0.39 is 76.7 Å². The number of carbonyl (C=O) groups is 8. The Balaban J connectivity index is 0.000000293. The van der Waals surface area contributed by atoms with Crippen LogP contribution in [-0.4, -0.2) is 59.0 Å². The standard InChI is InChI=1S/C27H32O7.C14H12O2.C7H12O2.C4H2O3/c1-6-19(24(29)32-15-18-12-9-11-17-10-7-8-13-20(17)18)22-21(25(30)33-26(22)31)14-16(2)23(28)34-27(3,4)5;1-2-14(15)16-10-12-8-5-7-11-6-3-4-9-13(11)12;1-5-6(8)9-7(2,3)4;5-3-1-2-4(6)7-3/h7-13,16,19,21-22H,6,14-15H2,1-5H3;2-9H,1,10H2;5H,1H2,2-4H3;1-2H. The Morgan fingerprint density at radius 1 is 0.621 bits per heavy atom. The zero-order valence-electron chi connectivity index (χ0n) is 38.7. The summed E-state index contributed by atoms with van der Waals surface area (Å²) in [6.45, 7) is 21.1. The maximum Gasteiger partial charge on any atom is 0.338 e. The van der Waals surface area contributed by atoms with Crippen LogP contribution < -0.4 is 0 Å². The minimum Gasteiger partial charge on any atom is -0.461 e. The zero-order chi connectivity index (χ0) is 49.2. The van der Waals surface area contributed by atoms with Gasteiger partial charge in [0.05, 0.1) is 23.7 Å². The lowest BCUT2D eigenvalue weighted by Gasteiger charge is -2.25. The fourth-order valence-electron chi connectivity index (χ4n) is 6.64. The van der Waals surface area contributed by atoms with Gasteiger partial charge in [-0.3, -0.25) is 19.2 Å². The summed E-state index contributed by atoms with van der Waals surface area (Å²) in [5.41, 5.74) is 0.786. The summed E-state index contributed by atoms with van der Waals surface area (Å²) < 4.78 is 29.7. The lowest BCUT2D eigenvalue weighted by atomic mass is 9.78. The van der Waals surface area contributed by atoms with Crippen LogP contribution in [0.2, 0.25) is 0 Å². The third-order valence-electron chi connectivity index (χ3n) is 9.60. The van der Waals surface area contributed by atoms with Crippen molar-refractivity contribution in [2.24, 2.45) is 23.7 Å². The van der Waals surface area contributed by atoms with Crippen molar-refractivity contribution >= 4 is 69.3 Å². The van der Waals surface area contributed by atoms with E-state index in [1.807, 2.05) is 106 Å². The molecule has 4 aromatic rings. The van der Waals surface area contributed by atoms with Crippen molar-refractivity contribution in [2.75, 3.05) is 0 Å². The lowest BCUT2D eigenvalue weighted by molar-refractivity contribution is -0.160. The van der Waals surface area contributed by atoms with E-state index in [-0.39, 0.29) is 25.6 Å². The molecule has 0 saturated carbocycles. The van der Waals surface area contributed by atoms with Crippen LogP contribution in [-0.2, 0) is 80.0 Å². The molecule has 0 bridgehead atoms. The number of ether oxygens (including phenoxy) is 6. The molecule has 14 nitrogen and oxygen atoms in total. The molecule has 4 atom stereocenters. The predicted molar refractivity (Wildman–Crippen MR) is 245 cm³/mol. The molecule has 6 rings (SSSR count). The number of cyclic esters (lactones) is 4. The molecule has 350 valence electrons. The summed E-state index contributed by atoms with van der Waals surface area (Å²) >= 11 is 0.